The standard InChI is InChI=1S/C24H26N6O4/c1-3-25-24(34)30-21-12-20(28-16-7-5-4-6-8-16)19(14-27-21)22(31)29-18-10-9-17(26-13-18)11-15(2)23(32)33/h4-10,12-15H,3,11H2,1-2H3,(H,29,31)(H,32,33)(H3,25,27,28,30,34). The van der Waals surface area contributed by atoms with Crippen LogP contribution in [-0.2, 0) is 11.2 Å². The number of nitrogens with zero attached hydrogens (tertiary/aromatic N) is 2. The van der Waals surface area contributed by atoms with Gasteiger partial charge in [-0.1, -0.05) is 25.1 Å². The van der Waals surface area contributed by atoms with E-state index in [1.807, 2.05) is 30.3 Å². The van der Waals surface area contributed by atoms with E-state index in [1.165, 1.54) is 12.4 Å². The van der Waals surface area contributed by atoms with E-state index in [0.29, 0.717) is 30.0 Å². The third-order valence-corrected chi connectivity index (χ3v) is 4.80. The fraction of sp³-hybridized carbons (Fsp3) is 0.208. The van der Waals surface area contributed by atoms with E-state index >= 15 is 0 Å². The number of carbonyl (C=O) groups excluding carboxylic acids is 2. The maximum Gasteiger partial charge on any atom is 0.320 e. The highest BCUT2D eigenvalue weighted by molar-refractivity contribution is 6.08. The van der Waals surface area contributed by atoms with Crippen LogP contribution in [0.25, 0.3) is 0 Å². The van der Waals surface area contributed by atoms with Crippen molar-refractivity contribution in [2.24, 2.45) is 5.92 Å². The number of carboxylic acid groups (broad SMARTS) is 1. The summed E-state index contributed by atoms with van der Waals surface area (Å²) < 4.78 is 0. The van der Waals surface area contributed by atoms with Gasteiger partial charge >= 0.3 is 12.0 Å². The SMILES string of the molecule is CCNC(=O)Nc1cc(Nc2ccccc2)c(C(=O)Nc2ccc(CC(C)C(=O)O)nc2)cn1. The Morgan fingerprint density at radius 2 is 1.74 bits per heavy atom. The van der Waals surface area contributed by atoms with Crippen molar-refractivity contribution in [2.75, 3.05) is 22.5 Å². The quantitative estimate of drug-likeness (QED) is 0.324. The van der Waals surface area contributed by atoms with Crippen LogP contribution in [0.1, 0.15) is 29.9 Å². The number of anilines is 4. The Labute approximate surface area is 196 Å². The second kappa shape index (κ2) is 11.4. The maximum absolute atomic E-state index is 13.0. The molecule has 0 saturated carbocycles. The molecule has 0 fully saturated rings. The molecule has 10 heteroatoms. The van der Waals surface area contributed by atoms with Gasteiger partial charge in [0.2, 0.25) is 0 Å². The maximum atomic E-state index is 13.0. The normalized spacial score (nSPS) is 11.2. The molecule has 3 rings (SSSR count). The van der Waals surface area contributed by atoms with Crippen LogP contribution in [0.5, 0.6) is 0 Å². The van der Waals surface area contributed by atoms with Gasteiger partial charge in [-0.2, -0.15) is 0 Å². The highest BCUT2D eigenvalue weighted by atomic mass is 16.4. The molecule has 2 heterocycles. The van der Waals surface area contributed by atoms with E-state index in [-0.39, 0.29) is 11.4 Å². The van der Waals surface area contributed by atoms with Crippen LogP contribution in [0.3, 0.4) is 0 Å². The molecule has 2 aromatic heterocycles. The third kappa shape index (κ3) is 6.76. The van der Waals surface area contributed by atoms with Crippen molar-refractivity contribution in [1.82, 2.24) is 15.3 Å². The molecule has 10 nitrogen and oxygen atoms in total. The summed E-state index contributed by atoms with van der Waals surface area (Å²) in [6, 6.07) is 13.8. The smallest absolute Gasteiger partial charge is 0.320 e. The van der Waals surface area contributed by atoms with Crippen LogP contribution >= 0.6 is 0 Å². The Bertz CT molecular complexity index is 1150. The molecule has 0 bridgehead atoms. The number of carboxylic acids is 1. The topological polar surface area (TPSA) is 145 Å². The van der Waals surface area contributed by atoms with Crippen molar-refractivity contribution in [3.63, 3.8) is 0 Å². The van der Waals surface area contributed by atoms with Crippen LogP contribution in [0.4, 0.5) is 27.7 Å². The molecule has 0 aliphatic rings. The largest absolute Gasteiger partial charge is 0.481 e. The Hall–Kier alpha value is -4.47. The summed E-state index contributed by atoms with van der Waals surface area (Å²) in [5, 5.41) is 20.3. The summed E-state index contributed by atoms with van der Waals surface area (Å²) in [4.78, 5) is 44.3. The lowest BCUT2D eigenvalue weighted by Gasteiger charge is -2.14. The number of urea groups is 1. The highest BCUT2D eigenvalue weighted by Crippen LogP contribution is 2.24. The number of aromatic nitrogens is 2. The first-order valence-electron chi connectivity index (χ1n) is 10.7. The average Bonchev–Trinajstić information content (AvgIpc) is 2.81. The summed E-state index contributed by atoms with van der Waals surface area (Å²) in [6.07, 6.45) is 3.14. The lowest BCUT2D eigenvalue weighted by molar-refractivity contribution is -0.141. The van der Waals surface area contributed by atoms with Crippen LogP contribution in [0.15, 0.2) is 60.9 Å². The molecule has 0 aliphatic carbocycles. The lowest BCUT2D eigenvalue weighted by atomic mass is 10.1. The van der Waals surface area contributed by atoms with Gasteiger partial charge < -0.3 is 21.1 Å². The Kier molecular flexibility index (Phi) is 8.11. The van der Waals surface area contributed by atoms with Crippen molar-refractivity contribution in [2.45, 2.75) is 20.3 Å². The zero-order valence-corrected chi connectivity index (χ0v) is 18.8. The molecule has 34 heavy (non-hydrogen) atoms. The Balaban J connectivity index is 1.80. The molecule has 0 aliphatic heterocycles. The van der Waals surface area contributed by atoms with Crippen molar-refractivity contribution in [3.05, 3.63) is 72.2 Å². The van der Waals surface area contributed by atoms with Gasteiger partial charge in [0, 0.05) is 36.6 Å². The van der Waals surface area contributed by atoms with Gasteiger partial charge in [-0.15, -0.1) is 0 Å². The number of hydrogen-bond donors (Lipinski definition) is 5. The Morgan fingerprint density at radius 1 is 0.971 bits per heavy atom. The molecule has 0 radical (unpaired) electrons. The minimum Gasteiger partial charge on any atom is -0.481 e. The van der Waals surface area contributed by atoms with Gasteiger partial charge in [-0.3, -0.25) is 19.9 Å². The predicted octanol–water partition coefficient (Wildman–Crippen LogP) is 3.88. The van der Waals surface area contributed by atoms with Crippen molar-refractivity contribution < 1.29 is 19.5 Å². The van der Waals surface area contributed by atoms with E-state index in [2.05, 4.69) is 31.2 Å². The van der Waals surface area contributed by atoms with Gasteiger partial charge in [-0.05, 0) is 31.2 Å². The molecule has 1 unspecified atom stereocenters. The zero-order valence-electron chi connectivity index (χ0n) is 18.8. The summed E-state index contributed by atoms with van der Waals surface area (Å²) in [7, 11) is 0. The molecule has 5 N–H and O–H groups in total. The number of benzene rings is 1. The Morgan fingerprint density at radius 3 is 2.38 bits per heavy atom. The van der Waals surface area contributed by atoms with Crippen LogP contribution in [0, 0.1) is 5.92 Å². The number of nitrogens with one attached hydrogen (secondary N) is 4. The van der Waals surface area contributed by atoms with Crippen LogP contribution in [-0.4, -0.2) is 39.5 Å². The average molecular weight is 463 g/mol. The third-order valence-electron chi connectivity index (χ3n) is 4.80. The summed E-state index contributed by atoms with van der Waals surface area (Å²) in [6.45, 7) is 3.87. The molecule has 1 aromatic carbocycles. The second-order valence-electron chi connectivity index (χ2n) is 7.53. The van der Waals surface area contributed by atoms with E-state index in [0.717, 1.165) is 5.69 Å². The second-order valence-corrected chi connectivity index (χ2v) is 7.53. The van der Waals surface area contributed by atoms with Crippen molar-refractivity contribution in [3.8, 4) is 0 Å². The molecule has 3 amide bonds. The van der Waals surface area contributed by atoms with E-state index in [1.54, 1.807) is 32.0 Å². The van der Waals surface area contributed by atoms with Gasteiger partial charge in [0.15, 0.2) is 0 Å². The van der Waals surface area contributed by atoms with E-state index in [4.69, 9.17) is 5.11 Å². The van der Waals surface area contributed by atoms with Crippen LogP contribution < -0.4 is 21.3 Å². The molecule has 0 saturated heterocycles. The molecule has 0 spiro atoms. The summed E-state index contributed by atoms with van der Waals surface area (Å²) in [5.74, 6) is -1.60. The van der Waals surface area contributed by atoms with Gasteiger partial charge in [0.1, 0.15) is 5.82 Å². The van der Waals surface area contributed by atoms with Gasteiger partial charge in [0.25, 0.3) is 5.91 Å². The first-order chi connectivity index (χ1) is 16.4. The number of hydrogen-bond acceptors (Lipinski definition) is 6. The van der Waals surface area contributed by atoms with Crippen molar-refractivity contribution in [1.29, 1.82) is 0 Å². The minimum absolute atomic E-state index is 0.258. The monoisotopic (exact) mass is 462 g/mol. The number of para-hydroxylation sites is 1. The number of pyridine rings is 2. The summed E-state index contributed by atoms with van der Waals surface area (Å²) >= 11 is 0. The fourth-order valence-corrected chi connectivity index (χ4v) is 3.02. The molecule has 1 atom stereocenters. The summed E-state index contributed by atoms with van der Waals surface area (Å²) in [5.41, 5.74) is 2.53. The number of rotatable bonds is 9. The van der Waals surface area contributed by atoms with Crippen LogP contribution in [0.2, 0.25) is 0 Å². The lowest BCUT2D eigenvalue weighted by Crippen LogP contribution is -2.28. The van der Waals surface area contributed by atoms with Gasteiger partial charge in [0.05, 0.1) is 29.1 Å². The predicted molar refractivity (Wildman–Crippen MR) is 129 cm³/mol. The number of carbonyl (C=O) groups is 3. The van der Waals surface area contributed by atoms with E-state index < -0.39 is 23.8 Å². The first-order valence-corrected chi connectivity index (χ1v) is 10.7. The number of aliphatic carboxylic acids is 1. The molecule has 176 valence electrons. The van der Waals surface area contributed by atoms with Crippen molar-refractivity contribution >= 4 is 40.8 Å². The molecular formula is C24H26N6O4. The molecular weight excluding hydrogens is 436 g/mol. The highest BCUT2D eigenvalue weighted by Gasteiger charge is 2.16. The first kappa shape index (κ1) is 24.2. The zero-order chi connectivity index (χ0) is 24.5. The van der Waals surface area contributed by atoms with Gasteiger partial charge in [-0.25, -0.2) is 9.78 Å². The molecule has 3 aromatic rings. The minimum atomic E-state index is -0.893. The number of amides is 3. The fourth-order valence-electron chi connectivity index (χ4n) is 3.02. The van der Waals surface area contributed by atoms with E-state index in [9.17, 15) is 14.4 Å².